The van der Waals surface area contributed by atoms with Gasteiger partial charge in [0.15, 0.2) is 0 Å². The minimum Gasteiger partial charge on any atom is -0.346 e. The Labute approximate surface area is 75.9 Å². The van der Waals surface area contributed by atoms with E-state index in [2.05, 4.69) is 20.8 Å². The van der Waals surface area contributed by atoms with Crippen LogP contribution in [0, 0.1) is 5.92 Å². The molecule has 2 nitrogen and oxygen atoms in total. The van der Waals surface area contributed by atoms with Crippen molar-refractivity contribution in [1.82, 2.24) is 4.90 Å². The van der Waals surface area contributed by atoms with Gasteiger partial charge in [0, 0.05) is 20.0 Å². The van der Waals surface area contributed by atoms with Crippen LogP contribution in [0.15, 0.2) is 0 Å². The maximum Gasteiger partial charge on any atom is 0.222 e. The molecule has 1 rings (SSSR count). The quantitative estimate of drug-likeness (QED) is 0.547. The summed E-state index contributed by atoms with van der Waals surface area (Å²) in [7, 11) is 1.87. The second-order valence-electron chi connectivity index (χ2n) is 3.62. The number of amides is 1. The van der Waals surface area contributed by atoms with Crippen molar-refractivity contribution in [1.29, 1.82) is 0 Å². The first-order valence-electron chi connectivity index (χ1n) is 4.85. The summed E-state index contributed by atoms with van der Waals surface area (Å²) in [6.07, 6.45) is 3.17. The summed E-state index contributed by atoms with van der Waals surface area (Å²) >= 11 is 0. The van der Waals surface area contributed by atoms with E-state index in [4.69, 9.17) is 0 Å². The zero-order chi connectivity index (χ0) is 9.56. The van der Waals surface area contributed by atoms with Gasteiger partial charge in [-0.15, -0.1) is 0 Å². The van der Waals surface area contributed by atoms with Crippen molar-refractivity contribution < 1.29 is 4.79 Å². The molecule has 1 saturated heterocycles. The number of rotatable bonds is 0. The molecule has 2 heteroatoms. The van der Waals surface area contributed by atoms with Crippen molar-refractivity contribution in [3.8, 4) is 0 Å². The summed E-state index contributed by atoms with van der Waals surface area (Å²) in [5.74, 6) is 0.905. The molecule has 0 spiro atoms. The lowest BCUT2D eigenvalue weighted by molar-refractivity contribution is -0.133. The van der Waals surface area contributed by atoms with Crippen LogP contribution >= 0.6 is 0 Å². The Morgan fingerprint density at radius 3 is 2.33 bits per heavy atom. The summed E-state index contributed by atoms with van der Waals surface area (Å²) < 4.78 is 0. The number of likely N-dealkylation sites (tertiary alicyclic amines) is 1. The van der Waals surface area contributed by atoms with Gasteiger partial charge in [-0.3, -0.25) is 4.79 Å². The summed E-state index contributed by atoms with van der Waals surface area (Å²) in [5, 5.41) is 0. The zero-order valence-corrected chi connectivity index (χ0v) is 8.76. The van der Waals surface area contributed by atoms with Gasteiger partial charge in [0.2, 0.25) is 5.91 Å². The van der Waals surface area contributed by atoms with E-state index >= 15 is 0 Å². The molecule has 1 fully saturated rings. The van der Waals surface area contributed by atoms with Crippen LogP contribution in [0.2, 0.25) is 0 Å². The van der Waals surface area contributed by atoms with E-state index in [1.807, 2.05) is 7.05 Å². The molecule has 0 radical (unpaired) electrons. The highest BCUT2D eigenvalue weighted by molar-refractivity contribution is 5.76. The van der Waals surface area contributed by atoms with Gasteiger partial charge in [-0.05, 0) is 12.3 Å². The van der Waals surface area contributed by atoms with Gasteiger partial charge in [-0.1, -0.05) is 27.2 Å². The number of hydrogen-bond donors (Lipinski definition) is 0. The van der Waals surface area contributed by atoms with Crippen molar-refractivity contribution in [3.05, 3.63) is 0 Å². The molecule has 1 unspecified atom stereocenters. The maximum absolute atomic E-state index is 10.9. The SMILES string of the molecule is CC1CCN(C)C(=O)C1.CCC. The minimum atomic E-state index is 0.300. The highest BCUT2D eigenvalue weighted by atomic mass is 16.2. The van der Waals surface area contributed by atoms with Crippen molar-refractivity contribution >= 4 is 5.91 Å². The van der Waals surface area contributed by atoms with E-state index in [1.54, 1.807) is 4.90 Å². The Kier molecular flexibility index (Phi) is 5.77. The van der Waals surface area contributed by atoms with E-state index in [-0.39, 0.29) is 0 Å². The number of piperidine rings is 1. The van der Waals surface area contributed by atoms with E-state index < -0.39 is 0 Å². The van der Waals surface area contributed by atoms with Crippen molar-refractivity contribution in [2.45, 2.75) is 40.0 Å². The van der Waals surface area contributed by atoms with Crippen LogP contribution in [0.4, 0.5) is 0 Å². The highest BCUT2D eigenvalue weighted by Crippen LogP contribution is 2.15. The van der Waals surface area contributed by atoms with Crippen molar-refractivity contribution in [3.63, 3.8) is 0 Å². The smallest absolute Gasteiger partial charge is 0.222 e. The second kappa shape index (κ2) is 6.04. The lowest BCUT2D eigenvalue weighted by Crippen LogP contribution is -2.34. The van der Waals surface area contributed by atoms with Crippen LogP contribution in [-0.4, -0.2) is 24.4 Å². The fourth-order valence-electron chi connectivity index (χ4n) is 1.09. The topological polar surface area (TPSA) is 20.3 Å². The van der Waals surface area contributed by atoms with E-state index in [1.165, 1.54) is 12.8 Å². The first-order chi connectivity index (χ1) is 5.61. The number of carbonyl (C=O) groups is 1. The van der Waals surface area contributed by atoms with Gasteiger partial charge < -0.3 is 4.90 Å². The van der Waals surface area contributed by atoms with Crippen LogP contribution in [0.3, 0.4) is 0 Å². The molecule has 0 N–H and O–H groups in total. The molecule has 1 aliphatic heterocycles. The van der Waals surface area contributed by atoms with Gasteiger partial charge in [0.05, 0.1) is 0 Å². The van der Waals surface area contributed by atoms with Gasteiger partial charge in [-0.25, -0.2) is 0 Å². The normalized spacial score (nSPS) is 23.2. The standard InChI is InChI=1S/C7H13NO.C3H8/c1-6-3-4-8(2)7(9)5-6;1-3-2/h6H,3-5H2,1-2H3;3H2,1-2H3. The molecule has 1 aliphatic rings. The fraction of sp³-hybridized carbons (Fsp3) is 0.900. The molecule has 12 heavy (non-hydrogen) atoms. The Morgan fingerprint density at radius 1 is 1.50 bits per heavy atom. The third-order valence-electron chi connectivity index (χ3n) is 1.91. The lowest BCUT2D eigenvalue weighted by Gasteiger charge is -2.26. The predicted molar refractivity (Wildman–Crippen MR) is 52.0 cm³/mol. The van der Waals surface area contributed by atoms with Gasteiger partial charge >= 0.3 is 0 Å². The summed E-state index contributed by atoms with van der Waals surface area (Å²) in [4.78, 5) is 12.7. The predicted octanol–water partition coefficient (Wildman–Crippen LogP) is 2.29. The largest absolute Gasteiger partial charge is 0.346 e. The molecule has 0 bridgehead atoms. The van der Waals surface area contributed by atoms with E-state index in [0.717, 1.165) is 13.0 Å². The monoisotopic (exact) mass is 171 g/mol. The first-order valence-corrected chi connectivity index (χ1v) is 4.85. The van der Waals surface area contributed by atoms with Gasteiger partial charge in [0.25, 0.3) is 0 Å². The second-order valence-corrected chi connectivity index (χ2v) is 3.62. The van der Waals surface area contributed by atoms with Crippen LogP contribution in [-0.2, 0) is 4.79 Å². The average molecular weight is 171 g/mol. The molecule has 1 heterocycles. The van der Waals surface area contributed by atoms with Crippen LogP contribution in [0.5, 0.6) is 0 Å². The summed E-state index contributed by atoms with van der Waals surface area (Å²) in [6.45, 7) is 7.32. The molecular weight excluding hydrogens is 150 g/mol. The number of hydrogen-bond acceptors (Lipinski definition) is 1. The molecule has 0 aliphatic carbocycles. The molecule has 0 aromatic carbocycles. The highest BCUT2D eigenvalue weighted by Gasteiger charge is 2.18. The molecule has 1 atom stereocenters. The van der Waals surface area contributed by atoms with Crippen LogP contribution in [0.25, 0.3) is 0 Å². The third-order valence-corrected chi connectivity index (χ3v) is 1.91. The molecule has 1 amide bonds. The molecule has 0 saturated carbocycles. The maximum atomic E-state index is 10.9. The Hall–Kier alpha value is -0.530. The lowest BCUT2D eigenvalue weighted by atomic mass is 9.99. The molecule has 0 aromatic rings. The first kappa shape index (κ1) is 11.5. The third kappa shape index (κ3) is 4.37. The van der Waals surface area contributed by atoms with Gasteiger partial charge in [0.1, 0.15) is 0 Å². The molecule has 72 valence electrons. The van der Waals surface area contributed by atoms with Crippen LogP contribution in [0.1, 0.15) is 40.0 Å². The van der Waals surface area contributed by atoms with Crippen LogP contribution < -0.4 is 0 Å². The van der Waals surface area contributed by atoms with Gasteiger partial charge in [-0.2, -0.15) is 0 Å². The number of nitrogens with zero attached hydrogens (tertiary/aromatic N) is 1. The van der Waals surface area contributed by atoms with E-state index in [0.29, 0.717) is 11.8 Å². The van der Waals surface area contributed by atoms with E-state index in [9.17, 15) is 4.79 Å². The average Bonchev–Trinajstić information content (AvgIpc) is 1.99. The van der Waals surface area contributed by atoms with Crippen molar-refractivity contribution in [2.24, 2.45) is 5.92 Å². The summed E-state index contributed by atoms with van der Waals surface area (Å²) in [5.41, 5.74) is 0. The molecular formula is C10H21NO. The Bertz CT molecular complexity index is 134. The fourth-order valence-corrected chi connectivity index (χ4v) is 1.09. The van der Waals surface area contributed by atoms with Crippen molar-refractivity contribution in [2.75, 3.05) is 13.6 Å². The Balaban J connectivity index is 0.000000354. The summed E-state index contributed by atoms with van der Waals surface area (Å²) in [6, 6.07) is 0. The minimum absolute atomic E-state index is 0.300. The Morgan fingerprint density at radius 2 is 2.00 bits per heavy atom. The molecule has 0 aromatic heterocycles. The zero-order valence-electron chi connectivity index (χ0n) is 8.76. The number of carbonyl (C=O) groups excluding carboxylic acids is 1.